The van der Waals surface area contributed by atoms with E-state index in [1.165, 1.54) is 0 Å². The predicted octanol–water partition coefficient (Wildman–Crippen LogP) is 2.74. The lowest BCUT2D eigenvalue weighted by molar-refractivity contribution is -0.117. The average Bonchev–Trinajstić information content (AvgIpc) is 3.23. The van der Waals surface area contributed by atoms with Crippen molar-refractivity contribution in [2.45, 2.75) is 57.7 Å². The first-order valence-electron chi connectivity index (χ1n) is 10.3. The normalized spacial score (nSPS) is 19.1. The number of benzene rings is 1. The molecule has 0 radical (unpaired) electrons. The fraction of sp³-hybridized carbons (Fsp3) is 0.455. The van der Waals surface area contributed by atoms with Crippen LogP contribution in [0.15, 0.2) is 36.5 Å². The molecular formula is C22H29N5O3. The van der Waals surface area contributed by atoms with Gasteiger partial charge in [0, 0.05) is 18.2 Å². The number of hydrogen-bond acceptors (Lipinski definition) is 5. The standard InChI is InChI=1S/C22H29N5O3/c1-15(2)23-22(29)20-14-27(26-25-20)18-9-7-17(8-10-18)24-21(28)13-6-16-4-11-19(30-3)12-5-16/h4-6,11-15,17-18H,7-10H2,1-3H3,(H,23,29)(H,24,28). The molecule has 1 aliphatic carbocycles. The second-order valence-corrected chi connectivity index (χ2v) is 7.83. The first kappa shape index (κ1) is 21.5. The summed E-state index contributed by atoms with van der Waals surface area (Å²) in [5, 5.41) is 14.0. The Labute approximate surface area is 176 Å². The number of nitrogens with zero attached hydrogens (tertiary/aromatic N) is 3. The predicted molar refractivity (Wildman–Crippen MR) is 114 cm³/mol. The van der Waals surface area contributed by atoms with Gasteiger partial charge in [-0.05, 0) is 63.3 Å². The zero-order valence-corrected chi connectivity index (χ0v) is 17.7. The molecule has 8 nitrogen and oxygen atoms in total. The first-order chi connectivity index (χ1) is 14.4. The van der Waals surface area contributed by atoms with Crippen molar-refractivity contribution in [3.8, 4) is 5.75 Å². The van der Waals surface area contributed by atoms with Crippen molar-refractivity contribution in [3.05, 3.63) is 47.8 Å². The largest absolute Gasteiger partial charge is 0.497 e. The number of carbonyl (C=O) groups is 2. The SMILES string of the molecule is COc1ccc(C=CC(=O)NC2CCC(n3cc(C(=O)NC(C)C)nn3)CC2)cc1. The topological polar surface area (TPSA) is 98.1 Å². The summed E-state index contributed by atoms with van der Waals surface area (Å²) in [7, 11) is 1.62. The Balaban J connectivity index is 1.46. The lowest BCUT2D eigenvalue weighted by Gasteiger charge is -2.28. The quantitative estimate of drug-likeness (QED) is 0.683. The smallest absolute Gasteiger partial charge is 0.273 e. The highest BCUT2D eigenvalue weighted by Gasteiger charge is 2.24. The number of nitrogens with one attached hydrogen (secondary N) is 2. The second-order valence-electron chi connectivity index (χ2n) is 7.83. The number of rotatable bonds is 7. The van der Waals surface area contributed by atoms with Crippen molar-refractivity contribution >= 4 is 17.9 Å². The van der Waals surface area contributed by atoms with Gasteiger partial charge in [-0.2, -0.15) is 0 Å². The van der Waals surface area contributed by atoms with Crippen LogP contribution in [0.4, 0.5) is 0 Å². The van der Waals surface area contributed by atoms with E-state index in [4.69, 9.17) is 4.74 Å². The van der Waals surface area contributed by atoms with Crippen molar-refractivity contribution in [1.82, 2.24) is 25.6 Å². The summed E-state index contributed by atoms with van der Waals surface area (Å²) in [5.74, 6) is 0.483. The van der Waals surface area contributed by atoms with Gasteiger partial charge in [0.25, 0.3) is 5.91 Å². The number of amides is 2. The summed E-state index contributed by atoms with van der Waals surface area (Å²) in [6, 6.07) is 7.92. The highest BCUT2D eigenvalue weighted by molar-refractivity contribution is 5.92. The molecule has 3 rings (SSSR count). The Morgan fingerprint density at radius 1 is 1.17 bits per heavy atom. The Morgan fingerprint density at radius 3 is 2.50 bits per heavy atom. The number of hydrogen-bond donors (Lipinski definition) is 2. The Kier molecular flexibility index (Phi) is 7.21. The molecule has 1 heterocycles. The molecule has 0 saturated heterocycles. The molecule has 2 N–H and O–H groups in total. The van der Waals surface area contributed by atoms with E-state index in [0.717, 1.165) is 37.0 Å². The van der Waals surface area contributed by atoms with Crippen LogP contribution in [0.3, 0.4) is 0 Å². The minimum Gasteiger partial charge on any atom is -0.497 e. The van der Waals surface area contributed by atoms with E-state index in [1.807, 2.05) is 38.1 Å². The molecule has 0 spiro atoms. The van der Waals surface area contributed by atoms with Crippen LogP contribution in [0.5, 0.6) is 5.75 Å². The molecule has 2 amide bonds. The molecule has 0 atom stereocenters. The number of methoxy groups -OCH3 is 1. The summed E-state index contributed by atoms with van der Waals surface area (Å²) in [6.07, 6.45) is 8.53. The maximum absolute atomic E-state index is 12.2. The van der Waals surface area contributed by atoms with Gasteiger partial charge < -0.3 is 15.4 Å². The van der Waals surface area contributed by atoms with Crippen molar-refractivity contribution in [2.75, 3.05) is 7.11 Å². The van der Waals surface area contributed by atoms with Gasteiger partial charge in [-0.15, -0.1) is 5.10 Å². The molecule has 0 bridgehead atoms. The van der Waals surface area contributed by atoms with E-state index in [-0.39, 0.29) is 29.9 Å². The van der Waals surface area contributed by atoms with E-state index in [0.29, 0.717) is 5.69 Å². The highest BCUT2D eigenvalue weighted by Crippen LogP contribution is 2.28. The molecule has 1 aliphatic rings. The Hall–Kier alpha value is -3.16. The van der Waals surface area contributed by atoms with Crippen molar-refractivity contribution < 1.29 is 14.3 Å². The van der Waals surface area contributed by atoms with Crippen molar-refractivity contribution in [2.24, 2.45) is 0 Å². The summed E-state index contributed by atoms with van der Waals surface area (Å²) < 4.78 is 6.91. The molecular weight excluding hydrogens is 382 g/mol. The molecule has 1 aromatic carbocycles. The Morgan fingerprint density at radius 2 is 1.87 bits per heavy atom. The molecule has 0 unspecified atom stereocenters. The fourth-order valence-corrected chi connectivity index (χ4v) is 3.52. The minimum atomic E-state index is -0.208. The molecule has 1 aromatic heterocycles. The molecule has 0 aliphatic heterocycles. The van der Waals surface area contributed by atoms with E-state index in [1.54, 1.807) is 30.1 Å². The third-order valence-corrected chi connectivity index (χ3v) is 5.12. The lowest BCUT2D eigenvalue weighted by Crippen LogP contribution is -2.37. The van der Waals surface area contributed by atoms with Gasteiger partial charge in [0.2, 0.25) is 5.91 Å². The van der Waals surface area contributed by atoms with E-state index < -0.39 is 0 Å². The average molecular weight is 412 g/mol. The van der Waals surface area contributed by atoms with Crippen LogP contribution in [0, 0.1) is 0 Å². The van der Waals surface area contributed by atoms with Crippen LogP contribution in [0.2, 0.25) is 0 Å². The zero-order valence-electron chi connectivity index (χ0n) is 17.7. The fourth-order valence-electron chi connectivity index (χ4n) is 3.52. The third kappa shape index (κ3) is 5.92. The maximum atomic E-state index is 12.2. The van der Waals surface area contributed by atoms with Crippen molar-refractivity contribution in [1.29, 1.82) is 0 Å². The maximum Gasteiger partial charge on any atom is 0.273 e. The van der Waals surface area contributed by atoms with Gasteiger partial charge in [-0.1, -0.05) is 17.3 Å². The van der Waals surface area contributed by atoms with Gasteiger partial charge in [0.1, 0.15) is 5.75 Å². The zero-order chi connectivity index (χ0) is 21.5. The van der Waals surface area contributed by atoms with Crippen LogP contribution in [-0.2, 0) is 4.79 Å². The molecule has 160 valence electrons. The van der Waals surface area contributed by atoms with E-state index in [9.17, 15) is 9.59 Å². The first-order valence-corrected chi connectivity index (χ1v) is 10.3. The van der Waals surface area contributed by atoms with E-state index in [2.05, 4.69) is 20.9 Å². The second kappa shape index (κ2) is 10.0. The minimum absolute atomic E-state index is 0.0560. The van der Waals surface area contributed by atoms with Crippen LogP contribution in [0.25, 0.3) is 6.08 Å². The van der Waals surface area contributed by atoms with Crippen LogP contribution in [-0.4, -0.2) is 46.0 Å². The van der Waals surface area contributed by atoms with Crippen LogP contribution < -0.4 is 15.4 Å². The third-order valence-electron chi connectivity index (χ3n) is 5.12. The number of ether oxygens (including phenoxy) is 1. The number of aromatic nitrogens is 3. The summed E-state index contributed by atoms with van der Waals surface area (Å²) in [5.41, 5.74) is 1.28. The molecule has 2 aromatic rings. The monoisotopic (exact) mass is 411 g/mol. The van der Waals surface area contributed by atoms with Gasteiger partial charge >= 0.3 is 0 Å². The lowest BCUT2D eigenvalue weighted by atomic mass is 9.91. The molecule has 30 heavy (non-hydrogen) atoms. The van der Waals surface area contributed by atoms with Crippen molar-refractivity contribution in [3.63, 3.8) is 0 Å². The highest BCUT2D eigenvalue weighted by atomic mass is 16.5. The Bertz CT molecular complexity index is 880. The number of carbonyl (C=O) groups excluding carboxylic acids is 2. The summed E-state index contributed by atoms with van der Waals surface area (Å²) in [6.45, 7) is 3.81. The molecule has 1 fully saturated rings. The summed E-state index contributed by atoms with van der Waals surface area (Å²) >= 11 is 0. The van der Waals surface area contributed by atoms with Gasteiger partial charge in [0.15, 0.2) is 5.69 Å². The van der Waals surface area contributed by atoms with E-state index >= 15 is 0 Å². The van der Waals surface area contributed by atoms with Crippen LogP contribution in [0.1, 0.15) is 61.6 Å². The van der Waals surface area contributed by atoms with Crippen LogP contribution >= 0.6 is 0 Å². The van der Waals surface area contributed by atoms with Gasteiger partial charge in [-0.3, -0.25) is 9.59 Å². The molecule has 1 saturated carbocycles. The molecule has 8 heteroatoms. The summed E-state index contributed by atoms with van der Waals surface area (Å²) in [4.78, 5) is 24.3. The van der Waals surface area contributed by atoms with Gasteiger partial charge in [-0.25, -0.2) is 4.68 Å². The van der Waals surface area contributed by atoms with Gasteiger partial charge in [0.05, 0.1) is 19.3 Å².